The van der Waals surface area contributed by atoms with Crippen molar-refractivity contribution in [2.75, 3.05) is 19.7 Å². The number of hydrogen-bond acceptors (Lipinski definition) is 3. The Balaban J connectivity index is 2.77. The van der Waals surface area contributed by atoms with E-state index in [1.165, 1.54) is 29.2 Å². The Kier molecular flexibility index (Phi) is 5.95. The van der Waals surface area contributed by atoms with Crippen LogP contribution in [0.15, 0.2) is 36.9 Å². The minimum Gasteiger partial charge on any atom is -0.435 e. The number of carbonyl (C=O) groups excluding carboxylic acids is 1. The van der Waals surface area contributed by atoms with E-state index in [4.69, 9.17) is 5.11 Å². The largest absolute Gasteiger partial charge is 0.435 e. The van der Waals surface area contributed by atoms with Crippen molar-refractivity contribution < 1.29 is 23.4 Å². The van der Waals surface area contributed by atoms with E-state index in [1.807, 2.05) is 0 Å². The summed E-state index contributed by atoms with van der Waals surface area (Å²) in [6.07, 6.45) is 1.54. The predicted molar refractivity (Wildman–Crippen MR) is 66.3 cm³/mol. The molecular weight excluding hydrogens is 256 g/mol. The molecule has 0 bridgehead atoms. The van der Waals surface area contributed by atoms with Gasteiger partial charge in [-0.25, -0.2) is 0 Å². The first-order chi connectivity index (χ1) is 9.08. The van der Waals surface area contributed by atoms with E-state index in [0.717, 1.165) is 0 Å². The fourth-order valence-corrected chi connectivity index (χ4v) is 1.51. The molecule has 1 amide bonds. The van der Waals surface area contributed by atoms with Gasteiger partial charge in [-0.3, -0.25) is 4.79 Å². The molecule has 1 N–H and O–H groups in total. The van der Waals surface area contributed by atoms with Gasteiger partial charge in [-0.1, -0.05) is 6.08 Å². The van der Waals surface area contributed by atoms with Gasteiger partial charge in [0.25, 0.3) is 5.91 Å². The number of alkyl halides is 2. The predicted octanol–water partition coefficient (Wildman–Crippen LogP) is 1.91. The molecule has 0 aliphatic heterocycles. The molecule has 0 fully saturated rings. The van der Waals surface area contributed by atoms with Crippen LogP contribution in [0.25, 0.3) is 0 Å². The summed E-state index contributed by atoms with van der Waals surface area (Å²) in [7, 11) is 0. The van der Waals surface area contributed by atoms with Gasteiger partial charge in [0.1, 0.15) is 5.75 Å². The molecule has 1 rings (SSSR count). The van der Waals surface area contributed by atoms with E-state index in [-0.39, 0.29) is 24.8 Å². The van der Waals surface area contributed by atoms with Gasteiger partial charge in [0.05, 0.1) is 6.61 Å². The van der Waals surface area contributed by atoms with Crippen LogP contribution in [0.3, 0.4) is 0 Å². The lowest BCUT2D eigenvalue weighted by molar-refractivity contribution is -0.0498. The van der Waals surface area contributed by atoms with Crippen molar-refractivity contribution in [3.8, 4) is 5.75 Å². The first-order valence-corrected chi connectivity index (χ1v) is 5.64. The molecule has 1 aromatic rings. The van der Waals surface area contributed by atoms with Crippen LogP contribution in [0, 0.1) is 0 Å². The molecule has 0 aliphatic rings. The third-order valence-corrected chi connectivity index (χ3v) is 2.33. The first kappa shape index (κ1) is 15.1. The lowest BCUT2D eigenvalue weighted by atomic mass is 10.2. The van der Waals surface area contributed by atoms with Crippen molar-refractivity contribution in [3.05, 3.63) is 42.5 Å². The van der Waals surface area contributed by atoms with Crippen molar-refractivity contribution in [1.82, 2.24) is 4.90 Å². The maximum Gasteiger partial charge on any atom is 0.387 e. The quantitative estimate of drug-likeness (QED) is 0.771. The third kappa shape index (κ3) is 4.67. The number of rotatable bonds is 7. The van der Waals surface area contributed by atoms with Crippen molar-refractivity contribution in [3.63, 3.8) is 0 Å². The highest BCUT2D eigenvalue weighted by Gasteiger charge is 2.14. The van der Waals surface area contributed by atoms with Crippen LogP contribution in [-0.4, -0.2) is 42.2 Å². The van der Waals surface area contributed by atoms with Crippen LogP contribution >= 0.6 is 0 Å². The molecule has 0 heterocycles. The van der Waals surface area contributed by atoms with Crippen molar-refractivity contribution in [2.45, 2.75) is 6.61 Å². The molecule has 1 aromatic carbocycles. The highest BCUT2D eigenvalue weighted by atomic mass is 19.3. The number of halogens is 2. The fourth-order valence-electron chi connectivity index (χ4n) is 1.51. The SMILES string of the molecule is C=CCN(CCO)C(=O)c1ccc(OC(F)F)cc1. The topological polar surface area (TPSA) is 49.8 Å². The molecule has 0 saturated carbocycles. The molecule has 4 nitrogen and oxygen atoms in total. The molecule has 0 saturated heterocycles. The van der Waals surface area contributed by atoms with Crippen LogP contribution in [0.2, 0.25) is 0 Å². The maximum atomic E-state index is 12.0. The lowest BCUT2D eigenvalue weighted by Crippen LogP contribution is -2.33. The van der Waals surface area contributed by atoms with Gasteiger partial charge in [0.15, 0.2) is 0 Å². The summed E-state index contributed by atoms with van der Waals surface area (Å²) in [4.78, 5) is 13.4. The number of hydrogen-bond donors (Lipinski definition) is 1. The summed E-state index contributed by atoms with van der Waals surface area (Å²) in [6.45, 7) is 0.952. The second kappa shape index (κ2) is 7.48. The molecule has 104 valence electrons. The molecule has 19 heavy (non-hydrogen) atoms. The van der Waals surface area contributed by atoms with E-state index in [9.17, 15) is 13.6 Å². The number of aliphatic hydroxyl groups excluding tert-OH is 1. The number of amides is 1. The first-order valence-electron chi connectivity index (χ1n) is 5.64. The Bertz CT molecular complexity index is 420. The summed E-state index contributed by atoms with van der Waals surface area (Å²) in [5.41, 5.74) is 0.330. The molecule has 6 heteroatoms. The Morgan fingerprint density at radius 3 is 2.53 bits per heavy atom. The standard InChI is InChI=1S/C13H15F2NO3/c1-2-7-16(8-9-17)12(18)10-3-5-11(6-4-10)19-13(14)15/h2-6,13,17H,1,7-9H2. The van der Waals surface area contributed by atoms with E-state index < -0.39 is 6.61 Å². The average Bonchev–Trinajstić information content (AvgIpc) is 2.38. The summed E-state index contributed by atoms with van der Waals surface area (Å²) in [5.74, 6) is -0.318. The van der Waals surface area contributed by atoms with Crippen LogP contribution < -0.4 is 4.74 Å². The van der Waals surface area contributed by atoms with Gasteiger partial charge < -0.3 is 14.7 Å². The van der Waals surface area contributed by atoms with Gasteiger partial charge >= 0.3 is 6.61 Å². The van der Waals surface area contributed by atoms with E-state index in [1.54, 1.807) is 6.08 Å². The molecular formula is C13H15F2NO3. The van der Waals surface area contributed by atoms with Gasteiger partial charge in [-0.15, -0.1) is 6.58 Å². The summed E-state index contributed by atoms with van der Waals surface area (Å²) >= 11 is 0. The van der Waals surface area contributed by atoms with Gasteiger partial charge in [-0.05, 0) is 24.3 Å². The monoisotopic (exact) mass is 271 g/mol. The molecule has 0 radical (unpaired) electrons. The summed E-state index contributed by atoms with van der Waals surface area (Å²) in [5, 5.41) is 8.87. The van der Waals surface area contributed by atoms with E-state index in [0.29, 0.717) is 12.1 Å². The van der Waals surface area contributed by atoms with Crippen LogP contribution in [0.1, 0.15) is 10.4 Å². The number of nitrogens with zero attached hydrogens (tertiary/aromatic N) is 1. The molecule has 0 spiro atoms. The smallest absolute Gasteiger partial charge is 0.387 e. The molecule has 0 aromatic heterocycles. The average molecular weight is 271 g/mol. The second-order valence-corrected chi connectivity index (χ2v) is 3.67. The summed E-state index contributed by atoms with van der Waals surface area (Å²) < 4.78 is 28.1. The second-order valence-electron chi connectivity index (χ2n) is 3.67. The fraction of sp³-hybridized carbons (Fsp3) is 0.308. The van der Waals surface area contributed by atoms with Gasteiger partial charge in [0, 0.05) is 18.7 Å². The van der Waals surface area contributed by atoms with Crippen molar-refractivity contribution in [1.29, 1.82) is 0 Å². The molecule has 0 aliphatic carbocycles. The minimum absolute atomic E-state index is 0.0102. The lowest BCUT2D eigenvalue weighted by Gasteiger charge is -2.20. The Labute approximate surface area is 109 Å². The third-order valence-electron chi connectivity index (χ3n) is 2.33. The number of carbonyl (C=O) groups is 1. The Hall–Kier alpha value is -1.95. The maximum absolute atomic E-state index is 12.0. The van der Waals surface area contributed by atoms with E-state index >= 15 is 0 Å². The molecule has 0 atom stereocenters. The Morgan fingerprint density at radius 2 is 2.05 bits per heavy atom. The number of ether oxygens (including phenoxy) is 1. The van der Waals surface area contributed by atoms with E-state index in [2.05, 4.69) is 11.3 Å². The number of aliphatic hydroxyl groups is 1. The van der Waals surface area contributed by atoms with Gasteiger partial charge in [0.2, 0.25) is 0 Å². The highest BCUT2D eigenvalue weighted by molar-refractivity contribution is 5.94. The minimum atomic E-state index is -2.90. The van der Waals surface area contributed by atoms with Crippen molar-refractivity contribution in [2.24, 2.45) is 0 Å². The zero-order valence-corrected chi connectivity index (χ0v) is 10.3. The van der Waals surface area contributed by atoms with Gasteiger partial charge in [-0.2, -0.15) is 8.78 Å². The molecule has 0 unspecified atom stereocenters. The van der Waals surface area contributed by atoms with Crippen LogP contribution in [0.4, 0.5) is 8.78 Å². The zero-order valence-electron chi connectivity index (χ0n) is 10.3. The van der Waals surface area contributed by atoms with Crippen LogP contribution in [-0.2, 0) is 0 Å². The highest BCUT2D eigenvalue weighted by Crippen LogP contribution is 2.16. The zero-order chi connectivity index (χ0) is 14.3. The summed E-state index contributed by atoms with van der Waals surface area (Å²) in [6, 6.07) is 5.38. The van der Waals surface area contributed by atoms with Crippen LogP contribution in [0.5, 0.6) is 5.75 Å². The normalized spacial score (nSPS) is 10.3. The number of benzene rings is 1. The van der Waals surface area contributed by atoms with Crippen molar-refractivity contribution >= 4 is 5.91 Å². The Morgan fingerprint density at radius 1 is 1.42 bits per heavy atom.